The van der Waals surface area contributed by atoms with Crippen LogP contribution in [0.2, 0.25) is 0 Å². The van der Waals surface area contributed by atoms with Gasteiger partial charge in [0.25, 0.3) is 0 Å². The third-order valence-corrected chi connectivity index (χ3v) is 8.98. The van der Waals surface area contributed by atoms with Gasteiger partial charge in [-0.15, -0.1) is 0 Å². The zero-order valence-electron chi connectivity index (χ0n) is 22.2. The zero-order valence-corrected chi connectivity index (χ0v) is 23.0. The van der Waals surface area contributed by atoms with Crippen molar-refractivity contribution in [1.82, 2.24) is 19.4 Å². The number of ether oxygens (including phenoxy) is 1. The Hall–Kier alpha value is -2.95. The molecule has 1 N–H and O–H groups in total. The second-order valence-electron chi connectivity index (χ2n) is 10.3. The summed E-state index contributed by atoms with van der Waals surface area (Å²) in [5.41, 5.74) is 0.942. The van der Waals surface area contributed by atoms with Gasteiger partial charge in [0.05, 0.1) is 18.1 Å². The lowest BCUT2D eigenvalue weighted by Crippen LogP contribution is -2.61. The molecule has 10 heteroatoms. The summed E-state index contributed by atoms with van der Waals surface area (Å²) in [5.74, 6) is 0.0469. The number of carbonyl (C=O) groups excluding carboxylic acids is 2. The lowest BCUT2D eigenvalue weighted by molar-refractivity contribution is -0.135. The van der Waals surface area contributed by atoms with Crippen molar-refractivity contribution in [1.29, 1.82) is 0 Å². The van der Waals surface area contributed by atoms with Gasteiger partial charge in [0.1, 0.15) is 6.04 Å². The molecule has 4 rings (SSSR count). The molecular weight excluding hydrogens is 504 g/mol. The number of nitrogens with zero attached hydrogens (tertiary/aromatic N) is 3. The number of benzene rings is 2. The first-order chi connectivity index (χ1) is 18.3. The Morgan fingerprint density at radius 2 is 1.55 bits per heavy atom. The molecule has 2 atom stereocenters. The number of sulfonamides is 1. The Morgan fingerprint density at radius 3 is 2.18 bits per heavy atom. The second kappa shape index (κ2) is 12.7. The fraction of sp³-hybridized carbons (Fsp3) is 0.500. The van der Waals surface area contributed by atoms with Gasteiger partial charge < -0.3 is 19.9 Å². The number of urea groups is 1. The summed E-state index contributed by atoms with van der Waals surface area (Å²) in [6, 6.07) is 16.6. The highest BCUT2D eigenvalue weighted by molar-refractivity contribution is 7.89. The second-order valence-corrected chi connectivity index (χ2v) is 12.2. The molecule has 0 aliphatic carbocycles. The molecule has 38 heavy (non-hydrogen) atoms. The average molecular weight is 543 g/mol. The van der Waals surface area contributed by atoms with Crippen molar-refractivity contribution >= 4 is 22.0 Å². The summed E-state index contributed by atoms with van der Waals surface area (Å²) in [5, 5.41) is 2.96. The highest BCUT2D eigenvalue weighted by Gasteiger charge is 2.39. The van der Waals surface area contributed by atoms with E-state index in [2.05, 4.69) is 19.2 Å². The topological polar surface area (TPSA) is 99.3 Å². The molecule has 2 aromatic rings. The number of hydrogen-bond acceptors (Lipinski definition) is 5. The number of amides is 3. The van der Waals surface area contributed by atoms with Crippen molar-refractivity contribution in [2.45, 2.75) is 43.7 Å². The molecule has 2 aliphatic heterocycles. The molecule has 0 saturated carbocycles. The van der Waals surface area contributed by atoms with Crippen LogP contribution in [0.3, 0.4) is 0 Å². The van der Waals surface area contributed by atoms with Crippen molar-refractivity contribution in [3.05, 3.63) is 66.2 Å². The van der Waals surface area contributed by atoms with Crippen LogP contribution in [0.25, 0.3) is 0 Å². The van der Waals surface area contributed by atoms with E-state index in [9.17, 15) is 18.0 Å². The summed E-state index contributed by atoms with van der Waals surface area (Å²) in [6.45, 7) is 6.74. The van der Waals surface area contributed by atoms with Crippen molar-refractivity contribution in [3.8, 4) is 0 Å². The Balaban J connectivity index is 1.53. The lowest BCUT2D eigenvalue weighted by Gasteiger charge is -2.42. The predicted octanol–water partition coefficient (Wildman–Crippen LogP) is 2.59. The van der Waals surface area contributed by atoms with Crippen LogP contribution in [0.1, 0.15) is 25.8 Å². The van der Waals surface area contributed by atoms with Crippen LogP contribution in [-0.4, -0.2) is 92.5 Å². The average Bonchev–Trinajstić information content (AvgIpc) is 2.93. The molecule has 0 radical (unpaired) electrons. The molecule has 0 spiro atoms. The molecule has 2 fully saturated rings. The van der Waals surface area contributed by atoms with E-state index in [1.54, 1.807) is 44.4 Å². The summed E-state index contributed by atoms with van der Waals surface area (Å²) in [4.78, 5) is 30.6. The summed E-state index contributed by atoms with van der Waals surface area (Å²) >= 11 is 0. The first-order valence-corrected chi connectivity index (χ1v) is 14.7. The van der Waals surface area contributed by atoms with E-state index in [1.807, 2.05) is 30.3 Å². The van der Waals surface area contributed by atoms with Gasteiger partial charge in [0, 0.05) is 45.2 Å². The van der Waals surface area contributed by atoms with Gasteiger partial charge in [-0.2, -0.15) is 4.31 Å². The van der Waals surface area contributed by atoms with Gasteiger partial charge in [-0.1, -0.05) is 62.4 Å². The highest BCUT2D eigenvalue weighted by atomic mass is 32.2. The van der Waals surface area contributed by atoms with Crippen molar-refractivity contribution in [3.63, 3.8) is 0 Å². The molecular formula is C28H38N4O5S. The van der Waals surface area contributed by atoms with E-state index < -0.39 is 16.1 Å². The minimum absolute atomic E-state index is 0.194. The minimum atomic E-state index is -3.70. The summed E-state index contributed by atoms with van der Waals surface area (Å²) in [6.07, 6.45) is 0.979. The van der Waals surface area contributed by atoms with Crippen LogP contribution in [0.4, 0.5) is 4.79 Å². The SMILES string of the molecule is CC(C)CC1CN(C(=O)[C@H](Cc2ccccc2)NC(=O)N2CCOCC2)CCN1S(=O)(=O)c1ccccc1. The maximum Gasteiger partial charge on any atom is 0.318 e. The van der Waals surface area contributed by atoms with E-state index in [-0.39, 0.29) is 48.4 Å². The summed E-state index contributed by atoms with van der Waals surface area (Å²) < 4.78 is 33.9. The monoisotopic (exact) mass is 542 g/mol. The number of hydrogen-bond donors (Lipinski definition) is 1. The van der Waals surface area contributed by atoms with E-state index in [1.165, 1.54) is 0 Å². The third kappa shape index (κ3) is 6.92. The van der Waals surface area contributed by atoms with Crippen LogP contribution >= 0.6 is 0 Å². The van der Waals surface area contributed by atoms with Crippen molar-refractivity contribution in [2.24, 2.45) is 5.92 Å². The van der Waals surface area contributed by atoms with Crippen molar-refractivity contribution < 1.29 is 22.7 Å². The fourth-order valence-electron chi connectivity index (χ4n) is 5.10. The van der Waals surface area contributed by atoms with Gasteiger partial charge in [-0.05, 0) is 30.0 Å². The van der Waals surface area contributed by atoms with Crippen LogP contribution in [0.5, 0.6) is 0 Å². The van der Waals surface area contributed by atoms with Gasteiger partial charge in [-0.25, -0.2) is 13.2 Å². The molecule has 2 aliphatic rings. The minimum Gasteiger partial charge on any atom is -0.378 e. The zero-order chi connectivity index (χ0) is 27.1. The number of morpholine rings is 1. The first-order valence-electron chi connectivity index (χ1n) is 13.3. The van der Waals surface area contributed by atoms with Gasteiger partial charge in [0.2, 0.25) is 15.9 Å². The van der Waals surface area contributed by atoms with E-state index in [0.29, 0.717) is 39.1 Å². The summed E-state index contributed by atoms with van der Waals surface area (Å²) in [7, 11) is -3.70. The largest absolute Gasteiger partial charge is 0.378 e. The quantitative estimate of drug-likeness (QED) is 0.553. The molecule has 2 heterocycles. The molecule has 0 bridgehead atoms. The van der Waals surface area contributed by atoms with E-state index in [0.717, 1.165) is 5.56 Å². The molecule has 2 aromatic carbocycles. The van der Waals surface area contributed by atoms with Crippen LogP contribution < -0.4 is 5.32 Å². The van der Waals surface area contributed by atoms with E-state index in [4.69, 9.17) is 4.74 Å². The maximum absolute atomic E-state index is 13.9. The van der Waals surface area contributed by atoms with E-state index >= 15 is 0 Å². The molecule has 9 nitrogen and oxygen atoms in total. The molecule has 3 amide bonds. The Labute approximate surface area is 225 Å². The van der Waals surface area contributed by atoms with Gasteiger partial charge in [-0.3, -0.25) is 4.79 Å². The Bertz CT molecular complexity index is 1170. The van der Waals surface area contributed by atoms with Crippen molar-refractivity contribution in [2.75, 3.05) is 45.9 Å². The normalized spacial score (nSPS) is 19.8. The lowest BCUT2D eigenvalue weighted by atomic mass is 10.00. The Kier molecular flexibility index (Phi) is 9.40. The number of rotatable bonds is 8. The smallest absolute Gasteiger partial charge is 0.318 e. The molecule has 0 aromatic heterocycles. The molecule has 1 unspecified atom stereocenters. The molecule has 2 saturated heterocycles. The Morgan fingerprint density at radius 1 is 0.921 bits per heavy atom. The van der Waals surface area contributed by atoms with Crippen LogP contribution in [0.15, 0.2) is 65.6 Å². The highest BCUT2D eigenvalue weighted by Crippen LogP contribution is 2.26. The number of nitrogens with one attached hydrogen (secondary N) is 1. The maximum atomic E-state index is 13.9. The van der Waals surface area contributed by atoms with Gasteiger partial charge in [0.15, 0.2) is 0 Å². The van der Waals surface area contributed by atoms with Gasteiger partial charge >= 0.3 is 6.03 Å². The number of piperazine rings is 1. The number of carbonyl (C=O) groups is 2. The fourth-order valence-corrected chi connectivity index (χ4v) is 6.74. The third-order valence-electron chi connectivity index (χ3n) is 7.01. The van der Waals surface area contributed by atoms with Crippen LogP contribution in [-0.2, 0) is 26.0 Å². The standard InChI is InChI=1S/C28H38N4O5S/c1-22(2)19-24-21-31(13-14-32(24)38(35,36)25-11-7-4-8-12-25)27(33)26(20-23-9-5-3-6-10-23)29-28(34)30-15-17-37-18-16-30/h3-12,22,24,26H,13-21H2,1-2H3,(H,29,34)/t24?,26-/m0/s1. The predicted molar refractivity (Wildman–Crippen MR) is 145 cm³/mol. The first kappa shape index (κ1) is 28.1. The van der Waals surface area contributed by atoms with Crippen LogP contribution in [0, 0.1) is 5.92 Å². The molecule has 206 valence electrons.